The van der Waals surface area contributed by atoms with E-state index in [9.17, 15) is 0 Å². The predicted molar refractivity (Wildman–Crippen MR) is 74.7 cm³/mol. The van der Waals surface area contributed by atoms with Crippen LogP contribution in [0.4, 0.5) is 0 Å². The van der Waals surface area contributed by atoms with E-state index in [2.05, 4.69) is 41.2 Å². The van der Waals surface area contributed by atoms with Crippen molar-refractivity contribution in [3.63, 3.8) is 0 Å². The molecule has 0 bridgehead atoms. The SMILES string of the molecule is C(=Cc1ccccc1)c1ccccc1.COC. The van der Waals surface area contributed by atoms with Crippen LogP contribution in [0.1, 0.15) is 11.1 Å². The molecule has 1 nitrogen and oxygen atoms in total. The highest BCUT2D eigenvalue weighted by Gasteiger charge is 1.84. The second-order valence-electron chi connectivity index (χ2n) is 3.56. The van der Waals surface area contributed by atoms with Crippen LogP contribution in [0.5, 0.6) is 0 Å². The van der Waals surface area contributed by atoms with Crippen LogP contribution in [0.2, 0.25) is 0 Å². The van der Waals surface area contributed by atoms with Gasteiger partial charge in [0.1, 0.15) is 0 Å². The maximum atomic E-state index is 4.25. The minimum atomic E-state index is 1.23. The van der Waals surface area contributed by atoms with E-state index in [4.69, 9.17) is 0 Å². The summed E-state index contributed by atoms with van der Waals surface area (Å²) in [6, 6.07) is 20.6. The average molecular weight is 226 g/mol. The smallest absolute Gasteiger partial charge is 0.0351 e. The molecule has 0 aliphatic heterocycles. The second-order valence-corrected chi connectivity index (χ2v) is 3.56. The van der Waals surface area contributed by atoms with Gasteiger partial charge in [0, 0.05) is 14.2 Å². The van der Waals surface area contributed by atoms with Crippen molar-refractivity contribution in [3.8, 4) is 0 Å². The first-order chi connectivity index (χ1) is 8.36. The molecule has 2 aromatic rings. The van der Waals surface area contributed by atoms with Crippen molar-refractivity contribution < 1.29 is 4.74 Å². The van der Waals surface area contributed by atoms with Crippen molar-refractivity contribution in [2.75, 3.05) is 14.2 Å². The summed E-state index contributed by atoms with van der Waals surface area (Å²) in [5.74, 6) is 0. The molecule has 17 heavy (non-hydrogen) atoms. The minimum absolute atomic E-state index is 1.23. The summed E-state index contributed by atoms with van der Waals surface area (Å²) in [7, 11) is 3.25. The third kappa shape index (κ3) is 5.69. The Kier molecular flexibility index (Phi) is 6.46. The highest BCUT2D eigenvalue weighted by molar-refractivity contribution is 5.69. The Labute approximate surface area is 103 Å². The summed E-state index contributed by atoms with van der Waals surface area (Å²) in [5.41, 5.74) is 2.47. The molecule has 0 heterocycles. The maximum absolute atomic E-state index is 4.25. The molecule has 0 N–H and O–H groups in total. The van der Waals surface area contributed by atoms with E-state index in [0.717, 1.165) is 0 Å². The van der Waals surface area contributed by atoms with Gasteiger partial charge in [0.05, 0.1) is 0 Å². The van der Waals surface area contributed by atoms with Crippen LogP contribution in [-0.2, 0) is 4.74 Å². The van der Waals surface area contributed by atoms with E-state index in [0.29, 0.717) is 0 Å². The Hall–Kier alpha value is -1.86. The van der Waals surface area contributed by atoms with Crippen molar-refractivity contribution in [2.45, 2.75) is 0 Å². The highest BCUT2D eigenvalue weighted by Crippen LogP contribution is 2.06. The fourth-order valence-corrected chi connectivity index (χ4v) is 1.32. The zero-order chi connectivity index (χ0) is 12.3. The van der Waals surface area contributed by atoms with Gasteiger partial charge in [-0.25, -0.2) is 0 Å². The van der Waals surface area contributed by atoms with Gasteiger partial charge in [0.25, 0.3) is 0 Å². The van der Waals surface area contributed by atoms with Crippen molar-refractivity contribution in [3.05, 3.63) is 71.8 Å². The molecule has 0 amide bonds. The largest absolute Gasteiger partial charge is 0.388 e. The highest BCUT2D eigenvalue weighted by atomic mass is 16.4. The van der Waals surface area contributed by atoms with Crippen LogP contribution in [0.25, 0.3) is 12.2 Å². The van der Waals surface area contributed by atoms with Crippen LogP contribution < -0.4 is 0 Å². The van der Waals surface area contributed by atoms with Gasteiger partial charge in [-0.3, -0.25) is 0 Å². The number of hydrogen-bond donors (Lipinski definition) is 0. The number of benzene rings is 2. The fourth-order valence-electron chi connectivity index (χ4n) is 1.32. The zero-order valence-corrected chi connectivity index (χ0v) is 10.3. The van der Waals surface area contributed by atoms with Crippen molar-refractivity contribution in [1.82, 2.24) is 0 Å². The predicted octanol–water partition coefficient (Wildman–Crippen LogP) is 4.12. The molecule has 0 fully saturated rings. The Morgan fingerprint density at radius 2 is 0.941 bits per heavy atom. The molecular weight excluding hydrogens is 208 g/mol. The summed E-state index contributed by atoms with van der Waals surface area (Å²) in [6.07, 6.45) is 4.24. The van der Waals surface area contributed by atoms with E-state index in [-0.39, 0.29) is 0 Å². The lowest BCUT2D eigenvalue weighted by molar-refractivity contribution is 0.277. The molecule has 1 heteroatoms. The molecule has 0 aliphatic rings. The zero-order valence-electron chi connectivity index (χ0n) is 10.3. The van der Waals surface area contributed by atoms with Crippen molar-refractivity contribution >= 4 is 12.2 Å². The Bertz CT molecular complexity index is 376. The number of rotatable bonds is 2. The third-order valence-electron chi connectivity index (χ3n) is 2.07. The standard InChI is InChI=1S/C14H12.C2H6O/c1-3-7-13(8-4-1)11-12-14-9-5-2-6-10-14;1-3-2/h1-12H;1-2H3. The van der Waals surface area contributed by atoms with Crippen LogP contribution >= 0.6 is 0 Å². The topological polar surface area (TPSA) is 9.23 Å². The van der Waals surface area contributed by atoms with Crippen molar-refractivity contribution in [1.29, 1.82) is 0 Å². The van der Waals surface area contributed by atoms with Gasteiger partial charge >= 0.3 is 0 Å². The van der Waals surface area contributed by atoms with E-state index >= 15 is 0 Å². The van der Waals surface area contributed by atoms with Gasteiger partial charge in [-0.15, -0.1) is 0 Å². The molecule has 0 spiro atoms. The number of methoxy groups -OCH3 is 1. The Balaban J connectivity index is 0.000000437. The molecule has 0 saturated carbocycles. The lowest BCUT2D eigenvalue weighted by atomic mass is 10.1. The Morgan fingerprint density at radius 1 is 0.647 bits per heavy atom. The van der Waals surface area contributed by atoms with E-state index < -0.39 is 0 Å². The molecule has 0 aliphatic carbocycles. The van der Waals surface area contributed by atoms with E-state index in [1.165, 1.54) is 11.1 Å². The molecule has 0 aromatic heterocycles. The summed E-state index contributed by atoms with van der Waals surface area (Å²) in [6.45, 7) is 0. The molecule has 0 radical (unpaired) electrons. The third-order valence-corrected chi connectivity index (χ3v) is 2.07. The molecule has 2 aromatic carbocycles. The molecule has 88 valence electrons. The fraction of sp³-hybridized carbons (Fsp3) is 0.125. The van der Waals surface area contributed by atoms with Crippen LogP contribution in [0.3, 0.4) is 0 Å². The van der Waals surface area contributed by atoms with Gasteiger partial charge < -0.3 is 4.74 Å². The maximum Gasteiger partial charge on any atom is 0.0351 e. The van der Waals surface area contributed by atoms with Gasteiger partial charge in [0.2, 0.25) is 0 Å². The first-order valence-corrected chi connectivity index (χ1v) is 5.55. The monoisotopic (exact) mass is 226 g/mol. The average Bonchev–Trinajstić information content (AvgIpc) is 2.40. The number of ether oxygens (including phenoxy) is 1. The molecular formula is C16H18O. The second kappa shape index (κ2) is 8.31. The van der Waals surface area contributed by atoms with E-state index in [1.807, 2.05) is 36.4 Å². The lowest BCUT2D eigenvalue weighted by Crippen LogP contribution is -1.70. The molecule has 2 rings (SSSR count). The lowest BCUT2D eigenvalue weighted by Gasteiger charge is -1.92. The summed E-state index contributed by atoms with van der Waals surface area (Å²) < 4.78 is 4.25. The molecule has 0 atom stereocenters. The van der Waals surface area contributed by atoms with Crippen molar-refractivity contribution in [2.24, 2.45) is 0 Å². The van der Waals surface area contributed by atoms with E-state index in [1.54, 1.807) is 14.2 Å². The first kappa shape index (κ1) is 13.2. The normalized spacial score (nSPS) is 9.76. The molecule has 0 saturated heterocycles. The van der Waals surface area contributed by atoms with Gasteiger partial charge in [-0.05, 0) is 11.1 Å². The van der Waals surface area contributed by atoms with Crippen LogP contribution in [-0.4, -0.2) is 14.2 Å². The van der Waals surface area contributed by atoms with Crippen LogP contribution in [0.15, 0.2) is 60.7 Å². The quantitative estimate of drug-likeness (QED) is 0.700. The Morgan fingerprint density at radius 3 is 1.24 bits per heavy atom. The van der Waals surface area contributed by atoms with Gasteiger partial charge in [-0.2, -0.15) is 0 Å². The minimum Gasteiger partial charge on any atom is -0.388 e. The number of hydrogen-bond acceptors (Lipinski definition) is 1. The van der Waals surface area contributed by atoms with Gasteiger partial charge in [0.15, 0.2) is 0 Å². The summed E-state index contributed by atoms with van der Waals surface area (Å²) in [4.78, 5) is 0. The first-order valence-electron chi connectivity index (χ1n) is 5.55. The molecule has 0 unspecified atom stereocenters. The summed E-state index contributed by atoms with van der Waals surface area (Å²) >= 11 is 0. The van der Waals surface area contributed by atoms with Crippen LogP contribution in [0, 0.1) is 0 Å². The summed E-state index contributed by atoms with van der Waals surface area (Å²) in [5, 5.41) is 0. The van der Waals surface area contributed by atoms with Gasteiger partial charge in [-0.1, -0.05) is 72.8 Å².